The molecule has 3 rings (SSSR count). The second kappa shape index (κ2) is 8.13. The van der Waals surface area contributed by atoms with Gasteiger partial charge in [-0.3, -0.25) is 4.79 Å². The first-order chi connectivity index (χ1) is 12.7. The molecule has 1 aliphatic rings. The van der Waals surface area contributed by atoms with Gasteiger partial charge in [0.25, 0.3) is 5.91 Å². The SMILES string of the molecule is COc1cc(C(=O)N2CCC[C@@H](c3ccccc3)C2)cc(OC)c1OC. The van der Waals surface area contributed by atoms with Crippen LogP contribution in [0, 0.1) is 0 Å². The number of nitrogens with zero attached hydrogens (tertiary/aromatic N) is 1. The highest BCUT2D eigenvalue weighted by Gasteiger charge is 2.27. The molecule has 1 atom stereocenters. The summed E-state index contributed by atoms with van der Waals surface area (Å²) in [7, 11) is 4.66. The molecule has 1 amide bonds. The minimum Gasteiger partial charge on any atom is -0.493 e. The lowest BCUT2D eigenvalue weighted by Gasteiger charge is -2.33. The van der Waals surface area contributed by atoms with Crippen molar-refractivity contribution < 1.29 is 19.0 Å². The molecule has 1 heterocycles. The Balaban J connectivity index is 1.84. The molecule has 5 nitrogen and oxygen atoms in total. The summed E-state index contributed by atoms with van der Waals surface area (Å²) >= 11 is 0. The van der Waals surface area contributed by atoms with Crippen LogP contribution in [0.1, 0.15) is 34.7 Å². The molecule has 0 radical (unpaired) electrons. The standard InChI is InChI=1S/C21H25NO4/c1-24-18-12-17(13-19(25-2)20(18)26-3)21(23)22-11-7-10-16(14-22)15-8-5-4-6-9-15/h4-6,8-9,12-13,16H,7,10-11,14H2,1-3H3/t16-/m1/s1. The van der Waals surface area contributed by atoms with Crippen LogP contribution in [-0.4, -0.2) is 45.2 Å². The van der Waals surface area contributed by atoms with Crippen LogP contribution in [0.4, 0.5) is 0 Å². The van der Waals surface area contributed by atoms with Gasteiger partial charge in [0.15, 0.2) is 11.5 Å². The van der Waals surface area contributed by atoms with Gasteiger partial charge in [-0.1, -0.05) is 30.3 Å². The molecule has 0 aliphatic carbocycles. The zero-order valence-corrected chi connectivity index (χ0v) is 15.5. The Hall–Kier alpha value is -2.69. The van der Waals surface area contributed by atoms with Gasteiger partial charge in [0.1, 0.15) is 0 Å². The number of ether oxygens (including phenoxy) is 3. The summed E-state index contributed by atoms with van der Waals surface area (Å²) in [5.41, 5.74) is 1.84. The lowest BCUT2D eigenvalue weighted by Crippen LogP contribution is -2.39. The highest BCUT2D eigenvalue weighted by Crippen LogP contribution is 2.39. The Morgan fingerprint density at radius 2 is 1.65 bits per heavy atom. The van der Waals surface area contributed by atoms with E-state index in [-0.39, 0.29) is 5.91 Å². The Morgan fingerprint density at radius 1 is 1.00 bits per heavy atom. The number of amides is 1. The molecule has 2 aromatic carbocycles. The van der Waals surface area contributed by atoms with E-state index in [0.717, 1.165) is 25.9 Å². The molecule has 138 valence electrons. The number of rotatable bonds is 5. The van der Waals surface area contributed by atoms with E-state index in [4.69, 9.17) is 14.2 Å². The Morgan fingerprint density at radius 3 is 2.23 bits per heavy atom. The van der Waals surface area contributed by atoms with E-state index in [1.165, 1.54) is 5.56 Å². The number of carbonyl (C=O) groups is 1. The summed E-state index contributed by atoms with van der Waals surface area (Å²) in [5, 5.41) is 0. The third-order valence-electron chi connectivity index (χ3n) is 4.89. The number of hydrogen-bond acceptors (Lipinski definition) is 4. The topological polar surface area (TPSA) is 48.0 Å². The minimum atomic E-state index is -0.00937. The van der Waals surface area contributed by atoms with Gasteiger partial charge in [0.2, 0.25) is 5.75 Å². The van der Waals surface area contributed by atoms with Gasteiger partial charge in [-0.15, -0.1) is 0 Å². The summed E-state index contributed by atoms with van der Waals surface area (Å²) < 4.78 is 16.1. The predicted octanol–water partition coefficient (Wildman–Crippen LogP) is 3.73. The summed E-state index contributed by atoms with van der Waals surface area (Å²) in [6, 6.07) is 13.8. The monoisotopic (exact) mass is 355 g/mol. The quantitative estimate of drug-likeness (QED) is 0.820. The molecule has 1 aliphatic heterocycles. The molecule has 0 unspecified atom stereocenters. The summed E-state index contributed by atoms with van der Waals surface area (Å²) in [6.07, 6.45) is 2.10. The zero-order chi connectivity index (χ0) is 18.5. The lowest BCUT2D eigenvalue weighted by atomic mass is 9.90. The number of methoxy groups -OCH3 is 3. The molecule has 0 bridgehead atoms. The summed E-state index contributed by atoms with van der Waals surface area (Å²) in [5.74, 6) is 1.84. The summed E-state index contributed by atoms with van der Waals surface area (Å²) in [6.45, 7) is 1.48. The number of hydrogen-bond donors (Lipinski definition) is 0. The highest BCUT2D eigenvalue weighted by atomic mass is 16.5. The van der Waals surface area contributed by atoms with E-state index >= 15 is 0 Å². The smallest absolute Gasteiger partial charge is 0.254 e. The molecule has 0 spiro atoms. The third-order valence-corrected chi connectivity index (χ3v) is 4.89. The average Bonchev–Trinajstić information content (AvgIpc) is 2.72. The van der Waals surface area contributed by atoms with E-state index in [1.54, 1.807) is 33.5 Å². The molecular formula is C21H25NO4. The van der Waals surface area contributed by atoms with Crippen molar-refractivity contribution in [2.24, 2.45) is 0 Å². The van der Waals surface area contributed by atoms with Crippen molar-refractivity contribution in [3.63, 3.8) is 0 Å². The van der Waals surface area contributed by atoms with Crippen LogP contribution >= 0.6 is 0 Å². The first-order valence-corrected chi connectivity index (χ1v) is 8.82. The number of piperidine rings is 1. The van der Waals surface area contributed by atoms with Crippen molar-refractivity contribution in [1.82, 2.24) is 4.90 Å². The maximum absolute atomic E-state index is 13.1. The van der Waals surface area contributed by atoms with E-state index in [9.17, 15) is 4.79 Å². The molecule has 0 N–H and O–H groups in total. The van der Waals surface area contributed by atoms with Gasteiger partial charge in [-0.25, -0.2) is 0 Å². The normalized spacial score (nSPS) is 16.9. The van der Waals surface area contributed by atoms with Crippen molar-refractivity contribution in [2.75, 3.05) is 34.4 Å². The maximum atomic E-state index is 13.1. The fourth-order valence-corrected chi connectivity index (χ4v) is 3.55. The summed E-state index contributed by atoms with van der Waals surface area (Å²) in [4.78, 5) is 15.0. The van der Waals surface area contributed by atoms with Crippen LogP contribution in [0.15, 0.2) is 42.5 Å². The van der Waals surface area contributed by atoms with Crippen LogP contribution in [-0.2, 0) is 0 Å². The number of likely N-dealkylation sites (tertiary alicyclic amines) is 1. The van der Waals surface area contributed by atoms with Crippen molar-refractivity contribution in [1.29, 1.82) is 0 Å². The minimum absolute atomic E-state index is 0.00937. The van der Waals surface area contributed by atoms with Crippen LogP contribution < -0.4 is 14.2 Å². The van der Waals surface area contributed by atoms with E-state index in [0.29, 0.717) is 28.7 Å². The van der Waals surface area contributed by atoms with Gasteiger partial charge in [-0.2, -0.15) is 0 Å². The van der Waals surface area contributed by atoms with Crippen LogP contribution in [0.3, 0.4) is 0 Å². The predicted molar refractivity (Wildman–Crippen MR) is 100 cm³/mol. The van der Waals surface area contributed by atoms with Gasteiger partial charge in [0, 0.05) is 24.6 Å². The van der Waals surface area contributed by atoms with E-state index < -0.39 is 0 Å². The van der Waals surface area contributed by atoms with E-state index in [1.807, 2.05) is 11.0 Å². The van der Waals surface area contributed by atoms with Crippen molar-refractivity contribution in [3.8, 4) is 17.2 Å². The van der Waals surface area contributed by atoms with Gasteiger partial charge in [0.05, 0.1) is 21.3 Å². The first-order valence-electron chi connectivity index (χ1n) is 8.82. The molecule has 1 saturated heterocycles. The van der Waals surface area contributed by atoms with Crippen molar-refractivity contribution in [2.45, 2.75) is 18.8 Å². The lowest BCUT2D eigenvalue weighted by molar-refractivity contribution is 0.0706. The first kappa shape index (κ1) is 18.1. The molecule has 0 saturated carbocycles. The van der Waals surface area contributed by atoms with Crippen molar-refractivity contribution in [3.05, 3.63) is 53.6 Å². The second-order valence-electron chi connectivity index (χ2n) is 6.42. The third kappa shape index (κ3) is 3.62. The van der Waals surface area contributed by atoms with Gasteiger partial charge in [-0.05, 0) is 30.5 Å². The Kier molecular flexibility index (Phi) is 5.66. The van der Waals surface area contributed by atoms with Crippen LogP contribution in [0.2, 0.25) is 0 Å². The molecule has 0 aromatic heterocycles. The molecule has 1 fully saturated rings. The second-order valence-corrected chi connectivity index (χ2v) is 6.42. The molecular weight excluding hydrogens is 330 g/mol. The average molecular weight is 355 g/mol. The largest absolute Gasteiger partial charge is 0.493 e. The van der Waals surface area contributed by atoms with Crippen LogP contribution in [0.5, 0.6) is 17.2 Å². The Bertz CT molecular complexity index is 735. The fourth-order valence-electron chi connectivity index (χ4n) is 3.55. The Labute approximate surface area is 154 Å². The van der Waals surface area contributed by atoms with Gasteiger partial charge < -0.3 is 19.1 Å². The highest BCUT2D eigenvalue weighted by molar-refractivity contribution is 5.95. The fraction of sp³-hybridized carbons (Fsp3) is 0.381. The maximum Gasteiger partial charge on any atom is 0.254 e. The molecule has 2 aromatic rings. The zero-order valence-electron chi connectivity index (χ0n) is 15.5. The van der Waals surface area contributed by atoms with Crippen molar-refractivity contribution >= 4 is 5.91 Å². The van der Waals surface area contributed by atoms with Crippen LogP contribution in [0.25, 0.3) is 0 Å². The van der Waals surface area contributed by atoms with E-state index in [2.05, 4.69) is 24.3 Å². The molecule has 5 heteroatoms. The van der Waals surface area contributed by atoms with Gasteiger partial charge >= 0.3 is 0 Å². The molecule has 26 heavy (non-hydrogen) atoms. The number of carbonyl (C=O) groups excluding carboxylic acids is 1. The number of benzene rings is 2.